The summed E-state index contributed by atoms with van der Waals surface area (Å²) in [6.45, 7) is 0. The van der Waals surface area contributed by atoms with Crippen LogP contribution in [0.2, 0.25) is 0 Å². The summed E-state index contributed by atoms with van der Waals surface area (Å²) in [6, 6.07) is 76.3. The molecule has 0 N–H and O–H groups in total. The molecule has 1 aliphatic carbocycles. The first-order chi connectivity index (χ1) is 28.7. The van der Waals surface area contributed by atoms with E-state index >= 15 is 0 Å². The molecule has 0 unspecified atom stereocenters. The molecule has 0 bridgehead atoms. The van der Waals surface area contributed by atoms with E-state index in [1.54, 1.807) is 0 Å². The van der Waals surface area contributed by atoms with Crippen LogP contribution in [0.1, 0.15) is 22.3 Å². The Bertz CT molecular complexity index is 3180. The van der Waals surface area contributed by atoms with Gasteiger partial charge in [0.1, 0.15) is 22.3 Å². The Hall–Kier alpha value is -7.62. The van der Waals surface area contributed by atoms with E-state index in [1.165, 1.54) is 33.4 Å². The SMILES string of the molecule is c1ccc(C2(c3ccc(-c4ccc(N(c5ccc6c(c5)oc5ccccc56)c5ccc6c(c5)oc5ccccc56)cc4)cc3)c3ccccc3-c3ccccc32)cc1. The van der Waals surface area contributed by atoms with Crippen molar-refractivity contribution in [1.29, 1.82) is 0 Å². The molecule has 3 nitrogen and oxygen atoms in total. The van der Waals surface area contributed by atoms with Crippen molar-refractivity contribution in [3.05, 3.63) is 235 Å². The van der Waals surface area contributed by atoms with Crippen molar-refractivity contribution in [2.45, 2.75) is 5.41 Å². The lowest BCUT2D eigenvalue weighted by Crippen LogP contribution is -2.28. The predicted molar refractivity (Wildman–Crippen MR) is 238 cm³/mol. The zero-order chi connectivity index (χ0) is 38.2. The number of nitrogens with zero attached hydrogens (tertiary/aromatic N) is 1. The number of hydrogen-bond acceptors (Lipinski definition) is 3. The monoisotopic (exact) mass is 741 g/mol. The summed E-state index contributed by atoms with van der Waals surface area (Å²) in [7, 11) is 0. The molecular formula is C55H35NO2. The van der Waals surface area contributed by atoms with Gasteiger partial charge in [0.05, 0.1) is 5.41 Å². The molecular weight excluding hydrogens is 707 g/mol. The molecule has 2 aromatic heterocycles. The third-order valence-electron chi connectivity index (χ3n) is 12.2. The molecule has 58 heavy (non-hydrogen) atoms. The number of hydrogen-bond donors (Lipinski definition) is 0. The molecule has 1 aliphatic rings. The first-order valence-corrected chi connectivity index (χ1v) is 19.8. The molecule has 0 aliphatic heterocycles. The molecule has 11 aromatic rings. The van der Waals surface area contributed by atoms with Gasteiger partial charge in [-0.15, -0.1) is 0 Å². The van der Waals surface area contributed by atoms with Crippen molar-refractivity contribution in [1.82, 2.24) is 0 Å². The van der Waals surface area contributed by atoms with Gasteiger partial charge in [0.25, 0.3) is 0 Å². The van der Waals surface area contributed by atoms with Crippen LogP contribution in [0.5, 0.6) is 0 Å². The summed E-state index contributed by atoms with van der Waals surface area (Å²) in [4.78, 5) is 2.28. The number of furan rings is 2. The Labute approximate surface area is 335 Å². The fraction of sp³-hybridized carbons (Fsp3) is 0.0182. The summed E-state index contributed by atoms with van der Waals surface area (Å²) in [5.74, 6) is 0. The van der Waals surface area contributed by atoms with E-state index in [-0.39, 0.29) is 0 Å². The molecule has 12 rings (SSSR count). The summed E-state index contributed by atoms with van der Waals surface area (Å²) in [5.41, 5.74) is 16.2. The normalized spacial score (nSPS) is 13.0. The standard InChI is InChI=1S/C55H35NO2/c1-2-12-38(13-3-1)55(49-18-8-4-14-43(49)44-15-5-9-19-50(44)55)39-26-22-36(23-27-39)37-24-28-40(29-25-37)56(41-30-32-47-45-16-6-10-20-51(45)57-53(47)34-41)42-31-33-48-46-17-7-11-21-52(46)58-54(48)35-42/h1-35H. The highest BCUT2D eigenvalue weighted by Gasteiger charge is 2.45. The molecule has 9 aromatic carbocycles. The summed E-state index contributed by atoms with van der Waals surface area (Å²) < 4.78 is 12.8. The van der Waals surface area contributed by atoms with Crippen molar-refractivity contribution in [3.63, 3.8) is 0 Å². The van der Waals surface area contributed by atoms with Crippen molar-refractivity contribution in [3.8, 4) is 22.3 Å². The molecule has 2 heterocycles. The quantitative estimate of drug-likeness (QED) is 0.170. The van der Waals surface area contributed by atoms with Gasteiger partial charge in [-0.1, -0.05) is 152 Å². The lowest BCUT2D eigenvalue weighted by atomic mass is 9.67. The van der Waals surface area contributed by atoms with Crippen molar-refractivity contribution >= 4 is 60.9 Å². The molecule has 0 radical (unpaired) electrons. The first-order valence-electron chi connectivity index (χ1n) is 19.8. The van der Waals surface area contributed by atoms with E-state index in [0.29, 0.717) is 0 Å². The lowest BCUT2D eigenvalue weighted by Gasteiger charge is -2.34. The lowest BCUT2D eigenvalue weighted by molar-refractivity contribution is 0.669. The van der Waals surface area contributed by atoms with Crippen LogP contribution in [0.4, 0.5) is 17.1 Å². The Morgan fingerprint density at radius 3 is 1.28 bits per heavy atom. The fourth-order valence-electron chi connectivity index (χ4n) is 9.58. The van der Waals surface area contributed by atoms with Gasteiger partial charge in [-0.3, -0.25) is 0 Å². The Kier molecular flexibility index (Phi) is 7.14. The molecule has 3 heteroatoms. The van der Waals surface area contributed by atoms with E-state index in [9.17, 15) is 0 Å². The van der Waals surface area contributed by atoms with Gasteiger partial charge in [-0.05, 0) is 93.0 Å². The smallest absolute Gasteiger partial charge is 0.137 e. The fourth-order valence-corrected chi connectivity index (χ4v) is 9.58. The van der Waals surface area contributed by atoms with Gasteiger partial charge in [0.15, 0.2) is 0 Å². The minimum atomic E-state index is -0.417. The van der Waals surface area contributed by atoms with Crippen molar-refractivity contribution in [2.24, 2.45) is 0 Å². The number of anilines is 3. The molecule has 0 saturated heterocycles. The largest absolute Gasteiger partial charge is 0.456 e. The molecule has 0 amide bonds. The van der Waals surface area contributed by atoms with Gasteiger partial charge >= 0.3 is 0 Å². The van der Waals surface area contributed by atoms with E-state index in [0.717, 1.165) is 72.1 Å². The summed E-state index contributed by atoms with van der Waals surface area (Å²) in [5, 5.41) is 4.44. The second-order valence-corrected chi connectivity index (χ2v) is 15.2. The second-order valence-electron chi connectivity index (χ2n) is 15.2. The average molecular weight is 742 g/mol. The van der Waals surface area contributed by atoms with E-state index < -0.39 is 5.41 Å². The Morgan fingerprint density at radius 1 is 0.310 bits per heavy atom. The van der Waals surface area contributed by atoms with Crippen LogP contribution in [0, 0.1) is 0 Å². The van der Waals surface area contributed by atoms with Crippen LogP contribution in [0.15, 0.2) is 221 Å². The zero-order valence-electron chi connectivity index (χ0n) is 31.5. The minimum absolute atomic E-state index is 0.417. The molecule has 0 fully saturated rings. The second kappa shape index (κ2) is 12.7. The molecule has 272 valence electrons. The van der Waals surface area contributed by atoms with Crippen LogP contribution in [-0.4, -0.2) is 0 Å². The third-order valence-corrected chi connectivity index (χ3v) is 12.2. The van der Waals surface area contributed by atoms with Gasteiger partial charge < -0.3 is 13.7 Å². The van der Waals surface area contributed by atoms with Crippen LogP contribution in [-0.2, 0) is 5.41 Å². The number of para-hydroxylation sites is 2. The average Bonchev–Trinajstić information content (AvgIpc) is 3.95. The van der Waals surface area contributed by atoms with Gasteiger partial charge in [-0.2, -0.15) is 0 Å². The third kappa shape index (κ3) is 4.80. The number of fused-ring (bicyclic) bond motifs is 9. The van der Waals surface area contributed by atoms with Crippen LogP contribution < -0.4 is 4.90 Å². The van der Waals surface area contributed by atoms with Crippen LogP contribution in [0.25, 0.3) is 66.1 Å². The van der Waals surface area contributed by atoms with E-state index in [2.05, 4.69) is 193 Å². The maximum Gasteiger partial charge on any atom is 0.137 e. The summed E-state index contributed by atoms with van der Waals surface area (Å²) >= 11 is 0. The number of rotatable bonds is 6. The zero-order valence-corrected chi connectivity index (χ0v) is 31.5. The summed E-state index contributed by atoms with van der Waals surface area (Å²) in [6.07, 6.45) is 0. The van der Waals surface area contributed by atoms with Gasteiger partial charge in [-0.25, -0.2) is 0 Å². The maximum absolute atomic E-state index is 6.38. The maximum atomic E-state index is 6.38. The Balaban J connectivity index is 0.958. The van der Waals surface area contributed by atoms with Crippen LogP contribution >= 0.6 is 0 Å². The highest BCUT2D eigenvalue weighted by Crippen LogP contribution is 2.56. The molecule has 0 saturated carbocycles. The van der Waals surface area contributed by atoms with Gasteiger partial charge in [0, 0.05) is 50.7 Å². The Morgan fingerprint density at radius 2 is 0.724 bits per heavy atom. The van der Waals surface area contributed by atoms with Crippen molar-refractivity contribution in [2.75, 3.05) is 4.90 Å². The highest BCUT2D eigenvalue weighted by molar-refractivity contribution is 6.08. The van der Waals surface area contributed by atoms with Crippen molar-refractivity contribution < 1.29 is 8.83 Å². The molecule has 0 spiro atoms. The minimum Gasteiger partial charge on any atom is -0.456 e. The predicted octanol–water partition coefficient (Wildman–Crippen LogP) is 15.0. The van der Waals surface area contributed by atoms with E-state index in [4.69, 9.17) is 8.83 Å². The molecule has 0 atom stereocenters. The van der Waals surface area contributed by atoms with Gasteiger partial charge in [0.2, 0.25) is 0 Å². The van der Waals surface area contributed by atoms with E-state index in [1.807, 2.05) is 24.3 Å². The first kappa shape index (κ1) is 32.6. The topological polar surface area (TPSA) is 29.5 Å². The highest BCUT2D eigenvalue weighted by atomic mass is 16.3. The number of benzene rings is 9. The van der Waals surface area contributed by atoms with Crippen LogP contribution in [0.3, 0.4) is 0 Å².